The average molecular weight is 257 g/mol. The molecule has 1 heterocycles. The van der Waals surface area contributed by atoms with E-state index in [1.165, 1.54) is 35.0 Å². The van der Waals surface area contributed by atoms with Crippen LogP contribution in [0.25, 0.3) is 10.9 Å². The molecule has 1 unspecified atom stereocenters. The van der Waals surface area contributed by atoms with Crippen LogP contribution in [0, 0.1) is 5.92 Å². The third-order valence-electron chi connectivity index (χ3n) is 4.13. The number of H-pyrrole nitrogens is 1. The van der Waals surface area contributed by atoms with Crippen LogP contribution in [0.1, 0.15) is 36.6 Å². The van der Waals surface area contributed by atoms with E-state index in [2.05, 4.69) is 17.1 Å². The number of aliphatic carboxylic acids is 1. The van der Waals surface area contributed by atoms with Crippen molar-refractivity contribution in [1.82, 2.24) is 4.98 Å². The van der Waals surface area contributed by atoms with Gasteiger partial charge < -0.3 is 10.1 Å². The fourth-order valence-electron chi connectivity index (χ4n) is 3.02. The number of nitrogens with one attached hydrogen (secondary N) is 1. The number of carboxylic acid groups (broad SMARTS) is 1. The number of aromatic nitrogens is 1. The zero-order valence-corrected chi connectivity index (χ0v) is 11.2. The zero-order chi connectivity index (χ0) is 13.4. The van der Waals surface area contributed by atoms with E-state index in [-0.39, 0.29) is 5.92 Å². The number of benzene rings is 1. The third-order valence-corrected chi connectivity index (χ3v) is 4.13. The molecule has 0 bridgehead atoms. The van der Waals surface area contributed by atoms with Crippen LogP contribution in [0.15, 0.2) is 18.2 Å². The van der Waals surface area contributed by atoms with E-state index in [9.17, 15) is 4.79 Å². The molecule has 0 saturated heterocycles. The highest BCUT2D eigenvalue weighted by Gasteiger charge is 2.17. The molecular formula is C16H19NO2. The maximum absolute atomic E-state index is 10.9. The van der Waals surface area contributed by atoms with Gasteiger partial charge in [0.05, 0.1) is 5.92 Å². The summed E-state index contributed by atoms with van der Waals surface area (Å²) < 4.78 is 0. The van der Waals surface area contributed by atoms with Crippen LogP contribution in [0.5, 0.6) is 0 Å². The smallest absolute Gasteiger partial charge is 0.306 e. The first kappa shape index (κ1) is 12.3. The summed E-state index contributed by atoms with van der Waals surface area (Å²) in [5, 5.41) is 10.3. The molecule has 2 N–H and O–H groups in total. The molecule has 0 saturated carbocycles. The first-order chi connectivity index (χ1) is 9.15. The Labute approximate surface area is 112 Å². The lowest BCUT2D eigenvalue weighted by molar-refractivity contribution is -0.141. The SMILES string of the molecule is CC(Cc1ccc2[nH]c3c(c2c1)CCCC3)C(=O)O. The maximum atomic E-state index is 10.9. The highest BCUT2D eigenvalue weighted by Crippen LogP contribution is 2.30. The molecule has 3 heteroatoms. The molecule has 100 valence electrons. The second kappa shape index (κ2) is 4.72. The number of carboxylic acids is 1. The van der Waals surface area contributed by atoms with Crippen LogP contribution >= 0.6 is 0 Å². The number of rotatable bonds is 3. The summed E-state index contributed by atoms with van der Waals surface area (Å²) in [4.78, 5) is 14.4. The van der Waals surface area contributed by atoms with Crippen molar-refractivity contribution in [3.8, 4) is 0 Å². The summed E-state index contributed by atoms with van der Waals surface area (Å²) in [7, 11) is 0. The Bertz CT molecular complexity index is 627. The Morgan fingerprint density at radius 3 is 2.95 bits per heavy atom. The van der Waals surface area contributed by atoms with Crippen molar-refractivity contribution in [3.05, 3.63) is 35.0 Å². The molecule has 0 amide bonds. The Kier molecular flexibility index (Phi) is 3.05. The molecule has 0 radical (unpaired) electrons. The van der Waals surface area contributed by atoms with Gasteiger partial charge in [0, 0.05) is 16.6 Å². The van der Waals surface area contributed by atoms with E-state index >= 15 is 0 Å². The molecule has 0 aliphatic heterocycles. The van der Waals surface area contributed by atoms with Crippen LogP contribution in [-0.4, -0.2) is 16.1 Å². The van der Waals surface area contributed by atoms with E-state index in [1.54, 1.807) is 6.92 Å². The number of hydrogen-bond donors (Lipinski definition) is 2. The summed E-state index contributed by atoms with van der Waals surface area (Å²) in [6, 6.07) is 6.32. The van der Waals surface area contributed by atoms with E-state index < -0.39 is 5.97 Å². The summed E-state index contributed by atoms with van der Waals surface area (Å²) in [5.74, 6) is -1.05. The normalized spacial score (nSPS) is 16.3. The summed E-state index contributed by atoms with van der Waals surface area (Å²) in [6.07, 6.45) is 5.42. The lowest BCUT2D eigenvalue weighted by Gasteiger charge is -2.11. The van der Waals surface area contributed by atoms with Gasteiger partial charge in [0.15, 0.2) is 0 Å². The fraction of sp³-hybridized carbons (Fsp3) is 0.438. The molecule has 1 atom stereocenters. The number of aryl methyl sites for hydroxylation is 2. The Hall–Kier alpha value is -1.77. The number of hydrogen-bond acceptors (Lipinski definition) is 1. The standard InChI is InChI=1S/C16H19NO2/c1-10(16(18)19)8-11-6-7-15-13(9-11)12-4-2-3-5-14(12)17-15/h6-7,9-10,17H,2-5,8H2,1H3,(H,18,19). The summed E-state index contributed by atoms with van der Waals surface area (Å²) in [6.45, 7) is 1.76. The lowest BCUT2D eigenvalue weighted by Crippen LogP contribution is -2.12. The molecule has 3 nitrogen and oxygen atoms in total. The monoisotopic (exact) mass is 257 g/mol. The van der Waals surface area contributed by atoms with E-state index in [0.29, 0.717) is 6.42 Å². The topological polar surface area (TPSA) is 53.1 Å². The fourth-order valence-corrected chi connectivity index (χ4v) is 3.02. The van der Waals surface area contributed by atoms with Crippen LogP contribution in [0.4, 0.5) is 0 Å². The first-order valence-electron chi connectivity index (χ1n) is 7.00. The minimum atomic E-state index is -0.726. The van der Waals surface area contributed by atoms with Gasteiger partial charge in [-0.15, -0.1) is 0 Å². The molecular weight excluding hydrogens is 238 g/mol. The molecule has 2 aromatic rings. The van der Waals surface area contributed by atoms with Gasteiger partial charge in [0.25, 0.3) is 0 Å². The quantitative estimate of drug-likeness (QED) is 0.886. The predicted octanol–water partition coefficient (Wildman–Crippen LogP) is 3.31. The van der Waals surface area contributed by atoms with Gasteiger partial charge in [-0.2, -0.15) is 0 Å². The van der Waals surface area contributed by atoms with Crippen LogP contribution in [-0.2, 0) is 24.1 Å². The third kappa shape index (κ3) is 2.25. The van der Waals surface area contributed by atoms with Gasteiger partial charge in [-0.05, 0) is 55.4 Å². The molecule has 3 rings (SSSR count). The molecule has 0 fully saturated rings. The van der Waals surface area contributed by atoms with Crippen molar-refractivity contribution in [3.63, 3.8) is 0 Å². The lowest BCUT2D eigenvalue weighted by atomic mass is 9.94. The van der Waals surface area contributed by atoms with E-state index in [0.717, 1.165) is 18.4 Å². The van der Waals surface area contributed by atoms with Gasteiger partial charge in [0.2, 0.25) is 0 Å². The van der Waals surface area contributed by atoms with Crippen LogP contribution in [0.3, 0.4) is 0 Å². The van der Waals surface area contributed by atoms with E-state index in [4.69, 9.17) is 5.11 Å². The van der Waals surface area contributed by atoms with Gasteiger partial charge >= 0.3 is 5.97 Å². The number of fused-ring (bicyclic) bond motifs is 3. The van der Waals surface area contributed by atoms with Crippen LogP contribution < -0.4 is 0 Å². The maximum Gasteiger partial charge on any atom is 0.306 e. The van der Waals surface area contributed by atoms with Gasteiger partial charge in [-0.1, -0.05) is 13.0 Å². The largest absolute Gasteiger partial charge is 0.481 e. The van der Waals surface area contributed by atoms with Gasteiger partial charge in [0.1, 0.15) is 0 Å². The number of aromatic amines is 1. The van der Waals surface area contributed by atoms with E-state index in [1.807, 2.05) is 6.07 Å². The molecule has 1 aromatic heterocycles. The molecule has 0 spiro atoms. The Morgan fingerprint density at radius 1 is 1.37 bits per heavy atom. The zero-order valence-electron chi connectivity index (χ0n) is 11.2. The van der Waals surface area contributed by atoms with Crippen LogP contribution in [0.2, 0.25) is 0 Å². The van der Waals surface area contributed by atoms with Crippen molar-refractivity contribution in [2.45, 2.75) is 39.0 Å². The minimum absolute atomic E-state index is 0.327. The van der Waals surface area contributed by atoms with Crippen molar-refractivity contribution < 1.29 is 9.90 Å². The highest BCUT2D eigenvalue weighted by atomic mass is 16.4. The predicted molar refractivity (Wildman–Crippen MR) is 75.4 cm³/mol. The second-order valence-corrected chi connectivity index (χ2v) is 5.61. The minimum Gasteiger partial charge on any atom is -0.481 e. The molecule has 1 aliphatic carbocycles. The Balaban J connectivity index is 1.98. The average Bonchev–Trinajstić information content (AvgIpc) is 2.76. The summed E-state index contributed by atoms with van der Waals surface area (Å²) >= 11 is 0. The first-order valence-corrected chi connectivity index (χ1v) is 7.00. The van der Waals surface area contributed by atoms with Crippen molar-refractivity contribution in [1.29, 1.82) is 0 Å². The molecule has 1 aromatic carbocycles. The highest BCUT2D eigenvalue weighted by molar-refractivity contribution is 5.85. The van der Waals surface area contributed by atoms with Gasteiger partial charge in [-0.3, -0.25) is 4.79 Å². The van der Waals surface area contributed by atoms with Gasteiger partial charge in [-0.25, -0.2) is 0 Å². The van der Waals surface area contributed by atoms with Crippen molar-refractivity contribution in [2.75, 3.05) is 0 Å². The second-order valence-electron chi connectivity index (χ2n) is 5.61. The van der Waals surface area contributed by atoms with Crippen molar-refractivity contribution in [2.24, 2.45) is 5.92 Å². The number of carbonyl (C=O) groups is 1. The summed E-state index contributed by atoms with van der Waals surface area (Å²) in [5.41, 5.74) is 5.14. The van der Waals surface area contributed by atoms with Crippen molar-refractivity contribution >= 4 is 16.9 Å². The Morgan fingerprint density at radius 2 is 2.16 bits per heavy atom. The molecule has 1 aliphatic rings. The molecule has 19 heavy (non-hydrogen) atoms.